The predicted molar refractivity (Wildman–Crippen MR) is 83.4 cm³/mol. The first-order chi connectivity index (χ1) is 9.87. The average Bonchev–Trinajstić information content (AvgIpc) is 2.85. The zero-order valence-electron chi connectivity index (χ0n) is 12.9. The summed E-state index contributed by atoms with van der Waals surface area (Å²) in [5.41, 5.74) is 2.16. The highest BCUT2D eigenvalue weighted by Gasteiger charge is 2.24. The second-order valence-corrected chi connectivity index (χ2v) is 6.52. The Balaban J connectivity index is 1.82. The smallest absolute Gasteiger partial charge is 0.315 e. The molecule has 114 valence electrons. The fourth-order valence-electron chi connectivity index (χ4n) is 2.26. The monoisotopic (exact) mass is 289 g/mol. The van der Waals surface area contributed by atoms with Crippen LogP contribution in [-0.2, 0) is 11.2 Å². The highest BCUT2D eigenvalue weighted by Crippen LogP contribution is 2.27. The van der Waals surface area contributed by atoms with Crippen molar-refractivity contribution in [3.63, 3.8) is 0 Å². The van der Waals surface area contributed by atoms with Gasteiger partial charge in [0.25, 0.3) is 0 Å². The van der Waals surface area contributed by atoms with Gasteiger partial charge in [0.15, 0.2) is 0 Å². The van der Waals surface area contributed by atoms with Crippen LogP contribution in [0.2, 0.25) is 0 Å². The minimum atomic E-state index is -0.300. The summed E-state index contributed by atoms with van der Waals surface area (Å²) in [5.74, 6) is -0.0779. The first-order valence-electron chi connectivity index (χ1n) is 7.27. The molecule has 0 aromatic heterocycles. The normalized spacial score (nSPS) is 13.8. The van der Waals surface area contributed by atoms with Gasteiger partial charge in [0.1, 0.15) is 0 Å². The number of amides is 3. The van der Waals surface area contributed by atoms with Crippen molar-refractivity contribution in [3.8, 4) is 0 Å². The Hall–Kier alpha value is -2.04. The molecule has 0 bridgehead atoms. The van der Waals surface area contributed by atoms with Crippen molar-refractivity contribution in [2.75, 3.05) is 24.5 Å². The van der Waals surface area contributed by atoms with Crippen molar-refractivity contribution < 1.29 is 9.59 Å². The molecule has 5 heteroatoms. The van der Waals surface area contributed by atoms with Gasteiger partial charge < -0.3 is 15.5 Å². The molecule has 0 aliphatic carbocycles. The van der Waals surface area contributed by atoms with Gasteiger partial charge in [-0.15, -0.1) is 0 Å². The molecule has 1 heterocycles. The van der Waals surface area contributed by atoms with E-state index in [-0.39, 0.29) is 23.9 Å². The molecule has 1 aromatic carbocycles. The third-order valence-corrected chi connectivity index (χ3v) is 3.37. The number of fused-ring (bicyclic) bond motifs is 1. The minimum Gasteiger partial charge on any atom is -0.338 e. The SMILES string of the molecule is CC(C)(C)CNC(=O)NCC(=O)N1CCc2ccccc21. The van der Waals surface area contributed by atoms with Crippen LogP contribution in [0.5, 0.6) is 0 Å². The van der Waals surface area contributed by atoms with Crippen LogP contribution in [0.25, 0.3) is 0 Å². The maximum absolute atomic E-state index is 12.2. The molecule has 5 nitrogen and oxygen atoms in total. The van der Waals surface area contributed by atoms with E-state index in [9.17, 15) is 9.59 Å². The van der Waals surface area contributed by atoms with Crippen molar-refractivity contribution in [2.45, 2.75) is 27.2 Å². The minimum absolute atomic E-state index is 0.0182. The third kappa shape index (κ3) is 4.21. The maximum atomic E-state index is 12.2. The molecule has 0 fully saturated rings. The number of carbonyl (C=O) groups excluding carboxylic acids is 2. The molecule has 0 radical (unpaired) electrons. The summed E-state index contributed by atoms with van der Waals surface area (Å²) in [6, 6.07) is 7.58. The molecule has 1 aromatic rings. The lowest BCUT2D eigenvalue weighted by Gasteiger charge is -2.20. The van der Waals surface area contributed by atoms with Crippen molar-refractivity contribution in [2.24, 2.45) is 5.41 Å². The second kappa shape index (κ2) is 6.16. The Labute approximate surface area is 125 Å². The highest BCUT2D eigenvalue weighted by atomic mass is 16.2. The number of hydrogen-bond donors (Lipinski definition) is 2. The summed E-state index contributed by atoms with van der Waals surface area (Å²) in [7, 11) is 0. The second-order valence-electron chi connectivity index (χ2n) is 6.52. The van der Waals surface area contributed by atoms with Gasteiger partial charge in [0.2, 0.25) is 5.91 Å². The van der Waals surface area contributed by atoms with Crippen molar-refractivity contribution in [1.29, 1.82) is 0 Å². The molecular formula is C16H23N3O2. The summed E-state index contributed by atoms with van der Waals surface area (Å²) in [4.78, 5) is 25.6. The van der Waals surface area contributed by atoms with Gasteiger partial charge >= 0.3 is 6.03 Å². The Bertz CT molecular complexity index is 535. The molecular weight excluding hydrogens is 266 g/mol. The first kappa shape index (κ1) is 15.4. The molecule has 0 saturated heterocycles. The fourth-order valence-corrected chi connectivity index (χ4v) is 2.26. The quantitative estimate of drug-likeness (QED) is 0.893. The molecule has 1 aliphatic heterocycles. The number of nitrogens with one attached hydrogen (secondary N) is 2. The van der Waals surface area contributed by atoms with Crippen LogP contribution in [-0.4, -0.2) is 31.6 Å². The van der Waals surface area contributed by atoms with E-state index in [2.05, 4.69) is 10.6 Å². The van der Waals surface area contributed by atoms with E-state index in [0.29, 0.717) is 13.1 Å². The number of hydrogen-bond acceptors (Lipinski definition) is 2. The Morgan fingerprint density at radius 1 is 1.19 bits per heavy atom. The molecule has 3 amide bonds. The number of nitrogens with zero attached hydrogens (tertiary/aromatic N) is 1. The standard InChI is InChI=1S/C16H23N3O2/c1-16(2,3)11-18-15(21)17-10-14(20)19-9-8-12-6-4-5-7-13(12)19/h4-7H,8-11H2,1-3H3,(H2,17,18,21). The summed E-state index contributed by atoms with van der Waals surface area (Å²) < 4.78 is 0. The van der Waals surface area contributed by atoms with Crippen LogP contribution in [0.15, 0.2) is 24.3 Å². The van der Waals surface area contributed by atoms with Gasteiger partial charge in [-0.2, -0.15) is 0 Å². The van der Waals surface area contributed by atoms with Crippen LogP contribution < -0.4 is 15.5 Å². The largest absolute Gasteiger partial charge is 0.338 e. The van der Waals surface area contributed by atoms with E-state index < -0.39 is 0 Å². The fraction of sp³-hybridized carbons (Fsp3) is 0.500. The molecule has 1 aliphatic rings. The van der Waals surface area contributed by atoms with E-state index in [4.69, 9.17) is 0 Å². The zero-order valence-corrected chi connectivity index (χ0v) is 12.9. The van der Waals surface area contributed by atoms with Gasteiger partial charge in [-0.05, 0) is 23.5 Å². The first-order valence-corrected chi connectivity index (χ1v) is 7.27. The molecule has 0 unspecified atom stereocenters. The number of rotatable bonds is 3. The van der Waals surface area contributed by atoms with Crippen LogP contribution in [0.1, 0.15) is 26.3 Å². The third-order valence-electron chi connectivity index (χ3n) is 3.37. The van der Waals surface area contributed by atoms with Gasteiger partial charge in [0, 0.05) is 18.8 Å². The van der Waals surface area contributed by atoms with E-state index in [1.165, 1.54) is 5.56 Å². The Morgan fingerprint density at radius 3 is 2.62 bits per heavy atom. The number of para-hydroxylation sites is 1. The van der Waals surface area contributed by atoms with Gasteiger partial charge in [0.05, 0.1) is 6.54 Å². The zero-order chi connectivity index (χ0) is 15.5. The number of anilines is 1. The average molecular weight is 289 g/mol. The van der Waals surface area contributed by atoms with Gasteiger partial charge in [-0.1, -0.05) is 39.0 Å². The van der Waals surface area contributed by atoms with E-state index in [1.807, 2.05) is 45.0 Å². The number of carbonyl (C=O) groups is 2. The van der Waals surface area contributed by atoms with Crippen LogP contribution in [0.3, 0.4) is 0 Å². The predicted octanol–water partition coefficient (Wildman–Crippen LogP) is 1.92. The molecule has 21 heavy (non-hydrogen) atoms. The van der Waals surface area contributed by atoms with Gasteiger partial charge in [-0.25, -0.2) is 4.79 Å². The maximum Gasteiger partial charge on any atom is 0.315 e. The topological polar surface area (TPSA) is 61.4 Å². The molecule has 2 rings (SSSR count). The molecule has 2 N–H and O–H groups in total. The summed E-state index contributed by atoms with van der Waals surface area (Å²) in [6.07, 6.45) is 0.873. The molecule has 0 saturated carbocycles. The van der Waals surface area contributed by atoms with Crippen LogP contribution >= 0.6 is 0 Å². The van der Waals surface area contributed by atoms with Crippen LogP contribution in [0.4, 0.5) is 10.5 Å². The lowest BCUT2D eigenvalue weighted by Crippen LogP contribution is -2.45. The molecule has 0 atom stereocenters. The summed E-state index contributed by atoms with van der Waals surface area (Å²) >= 11 is 0. The van der Waals surface area contributed by atoms with E-state index >= 15 is 0 Å². The summed E-state index contributed by atoms with van der Waals surface area (Å²) in [5, 5.41) is 5.39. The van der Waals surface area contributed by atoms with Crippen molar-refractivity contribution >= 4 is 17.6 Å². The van der Waals surface area contributed by atoms with E-state index in [1.54, 1.807) is 4.90 Å². The number of urea groups is 1. The van der Waals surface area contributed by atoms with Gasteiger partial charge in [-0.3, -0.25) is 4.79 Å². The lowest BCUT2D eigenvalue weighted by molar-refractivity contribution is -0.117. The summed E-state index contributed by atoms with van der Waals surface area (Å²) in [6.45, 7) is 7.39. The highest BCUT2D eigenvalue weighted by molar-refractivity contribution is 5.98. The van der Waals surface area contributed by atoms with E-state index in [0.717, 1.165) is 12.1 Å². The van der Waals surface area contributed by atoms with Crippen molar-refractivity contribution in [3.05, 3.63) is 29.8 Å². The van der Waals surface area contributed by atoms with Crippen molar-refractivity contribution in [1.82, 2.24) is 10.6 Å². The number of benzene rings is 1. The molecule has 0 spiro atoms. The lowest BCUT2D eigenvalue weighted by atomic mass is 9.97. The Kier molecular flexibility index (Phi) is 4.50. The Morgan fingerprint density at radius 2 is 1.90 bits per heavy atom. The van der Waals surface area contributed by atoms with Crippen LogP contribution in [0, 0.1) is 5.41 Å².